The number of rotatable bonds is 16. The lowest BCUT2D eigenvalue weighted by Gasteiger charge is -2.27. The molecular weight excluding hydrogens is 1490 g/mol. The van der Waals surface area contributed by atoms with Crippen LogP contribution in [0.5, 0.6) is 0 Å². The van der Waals surface area contributed by atoms with E-state index in [0.717, 1.165) is 182 Å². The van der Waals surface area contributed by atoms with E-state index in [1.54, 1.807) is 0 Å². The number of amidine groups is 2. The first-order chi connectivity index (χ1) is 60.4. The summed E-state index contributed by atoms with van der Waals surface area (Å²) in [6.45, 7) is 0. The molecule has 14 aromatic carbocycles. The van der Waals surface area contributed by atoms with Gasteiger partial charge in [-0.2, -0.15) is 10.5 Å². The van der Waals surface area contributed by atoms with Crippen LogP contribution in [0.25, 0.3) is 121 Å². The van der Waals surface area contributed by atoms with Crippen molar-refractivity contribution in [3.05, 3.63) is 397 Å². The standard InChI is InChI=1S/C110H76N12/c111-65-99(75-39-53-85(54-40-75)121(83-49-35-73(36-50-83)89-23-5-15-71-13-1-3-21-87(71)89)81-45-31-69(32-46-81)79-43-61-103(115-67-79)119-109-97-29-9-25-93-92(59-60-102(118-109)105(93)97)96-28-8-18-78-20-12-64-114-108(78)96)100(66-112)76-41-55-86(56-42-76)122(84-51-37-74(38-52-84)90-24-6-16-72-14-2-4-22-88(72)90)82-47-33-70(34-48-82)80-44-62-104(116-68-80)120-110-98-58-57-91(94-26-10-30-101(117-110)106(94)98)95-27-7-17-77-19-11-63-113-107(77)95/h5-12,15-20,23-64,67-68H,1-4,13-14,21-22H2,(H,115,118,119)(H,116,117,120)/b100-99+. The fraction of sp³-hybridized carbons (Fsp3) is 0.0727. The van der Waals surface area contributed by atoms with Crippen LogP contribution in [-0.4, -0.2) is 31.6 Å². The van der Waals surface area contributed by atoms with Crippen LogP contribution >= 0.6 is 0 Å². The van der Waals surface area contributed by atoms with Gasteiger partial charge < -0.3 is 20.4 Å². The third-order valence-corrected chi connectivity index (χ3v) is 24.8. The van der Waals surface area contributed by atoms with Gasteiger partial charge in [0, 0.05) is 125 Å². The highest BCUT2D eigenvalue weighted by molar-refractivity contribution is 6.30. The van der Waals surface area contributed by atoms with Crippen molar-refractivity contribution < 1.29 is 0 Å². The van der Waals surface area contributed by atoms with Gasteiger partial charge in [-0.3, -0.25) is 9.97 Å². The van der Waals surface area contributed by atoms with E-state index in [1.807, 2.05) is 97.6 Å². The number of hydrogen-bond acceptors (Lipinski definition) is 10. The minimum absolute atomic E-state index is 0.278. The minimum atomic E-state index is 0.278. The van der Waals surface area contributed by atoms with E-state index in [-0.39, 0.29) is 11.1 Å². The molecule has 0 bridgehead atoms. The monoisotopic (exact) mass is 1560 g/mol. The average Bonchev–Trinajstić information content (AvgIpc) is 1.57. The summed E-state index contributed by atoms with van der Waals surface area (Å²) < 4.78 is 0. The van der Waals surface area contributed by atoms with E-state index in [2.05, 4.69) is 287 Å². The Morgan fingerprint density at radius 2 is 0.648 bits per heavy atom. The fourth-order valence-electron chi connectivity index (χ4n) is 18.8. The topological polar surface area (TPSA) is 154 Å². The molecule has 4 aliphatic rings. The number of aromatic nitrogens is 4. The number of pyridine rings is 4. The predicted molar refractivity (Wildman–Crippen MR) is 500 cm³/mol. The summed E-state index contributed by atoms with van der Waals surface area (Å²) in [5, 5.41) is 36.3. The summed E-state index contributed by atoms with van der Waals surface area (Å²) in [5.74, 6) is 2.70. The second-order valence-corrected chi connectivity index (χ2v) is 31.7. The van der Waals surface area contributed by atoms with Crippen molar-refractivity contribution in [2.45, 2.75) is 51.4 Å². The summed E-state index contributed by atoms with van der Waals surface area (Å²) in [7, 11) is 0. The molecule has 6 heterocycles. The van der Waals surface area contributed by atoms with Crippen LogP contribution in [0, 0.1) is 22.7 Å². The Kier molecular flexibility index (Phi) is 18.3. The second-order valence-electron chi connectivity index (χ2n) is 31.7. The summed E-state index contributed by atoms with van der Waals surface area (Å²) in [6.07, 6.45) is 16.7. The molecule has 2 N–H and O–H groups in total. The molecule has 576 valence electrons. The van der Waals surface area contributed by atoms with Gasteiger partial charge >= 0.3 is 0 Å². The minimum Gasteiger partial charge on any atom is -0.339 e. The molecule has 0 saturated heterocycles. The summed E-state index contributed by atoms with van der Waals surface area (Å²) >= 11 is 0. The SMILES string of the molecule is N#C/C(=C(/C#N)c1ccc(N(c2ccc(-c3ccc(/N=C4\Nc5cccc6c(-c7cccc8cccnc78)ccc4c56)nc3)cc2)c2ccc(-c3cccc4c3CCCC4)cc2)cc1)c1ccc(N(c2ccc(-c3ccc(/N=C4\Nc5ccc(-c6cccc7cccnc67)c6cccc4c56)nc3)cc2)c2ccc(-c3cccc4c3CCCC4)cc2)cc1. The molecule has 0 unspecified atom stereocenters. The van der Waals surface area contributed by atoms with Crippen LogP contribution in [0.4, 0.5) is 57.1 Å². The highest BCUT2D eigenvalue weighted by Gasteiger charge is 2.28. The maximum atomic E-state index is 11.2. The molecule has 0 fully saturated rings. The second kappa shape index (κ2) is 30.8. The largest absolute Gasteiger partial charge is 0.339 e. The van der Waals surface area contributed by atoms with E-state index < -0.39 is 0 Å². The molecule has 22 rings (SSSR count). The predicted octanol–water partition coefficient (Wildman–Crippen LogP) is 27.5. The number of fused-ring (bicyclic) bond motifs is 4. The summed E-state index contributed by atoms with van der Waals surface area (Å²) in [5.41, 5.74) is 32.5. The van der Waals surface area contributed by atoms with Crippen LogP contribution in [-0.2, 0) is 25.7 Å². The molecular formula is C110H76N12. The van der Waals surface area contributed by atoms with Gasteiger partial charge in [-0.25, -0.2) is 20.0 Å². The normalized spacial score (nSPS) is 13.9. The fourth-order valence-corrected chi connectivity index (χ4v) is 18.8. The number of aryl methyl sites for hydroxylation is 2. The molecule has 12 heteroatoms. The molecule has 2 aliphatic heterocycles. The number of nitrogens with zero attached hydrogens (tertiary/aromatic N) is 10. The molecule has 0 spiro atoms. The number of nitrogens with one attached hydrogen (secondary N) is 2. The lowest BCUT2D eigenvalue weighted by Crippen LogP contribution is -2.10. The number of anilines is 8. The zero-order valence-electron chi connectivity index (χ0n) is 66.6. The molecule has 18 aromatic rings. The summed E-state index contributed by atoms with van der Waals surface area (Å²) in [6, 6.07) is 120. The van der Waals surface area contributed by atoms with Crippen molar-refractivity contribution >= 4 is 123 Å². The number of benzene rings is 14. The maximum absolute atomic E-state index is 11.2. The van der Waals surface area contributed by atoms with Gasteiger partial charge in [0.05, 0.1) is 22.2 Å². The summed E-state index contributed by atoms with van der Waals surface area (Å²) in [4.78, 5) is 34.1. The highest BCUT2D eigenvalue weighted by atomic mass is 15.1. The quantitative estimate of drug-likeness (QED) is 0.0706. The van der Waals surface area contributed by atoms with Gasteiger partial charge in [0.15, 0.2) is 11.6 Å². The first-order valence-corrected chi connectivity index (χ1v) is 41.8. The van der Waals surface area contributed by atoms with Crippen LogP contribution in [0.2, 0.25) is 0 Å². The Labute approximate surface area is 706 Å². The Morgan fingerprint density at radius 1 is 0.295 bits per heavy atom. The van der Waals surface area contributed by atoms with Crippen molar-refractivity contribution in [3.8, 4) is 78.9 Å². The average molecular weight is 1570 g/mol. The van der Waals surface area contributed by atoms with Crippen molar-refractivity contribution in [3.63, 3.8) is 0 Å². The van der Waals surface area contributed by atoms with Gasteiger partial charge in [0.2, 0.25) is 0 Å². The third-order valence-electron chi connectivity index (χ3n) is 24.8. The van der Waals surface area contributed by atoms with E-state index in [0.29, 0.717) is 22.8 Å². The van der Waals surface area contributed by atoms with E-state index in [4.69, 9.17) is 29.9 Å². The highest BCUT2D eigenvalue weighted by Crippen LogP contribution is 2.47. The Morgan fingerprint density at radius 3 is 1.09 bits per heavy atom. The Balaban J connectivity index is 0.547. The lowest BCUT2D eigenvalue weighted by molar-refractivity contribution is 0.687. The number of hydrogen-bond donors (Lipinski definition) is 2. The van der Waals surface area contributed by atoms with Crippen LogP contribution < -0.4 is 20.4 Å². The van der Waals surface area contributed by atoms with E-state index in [9.17, 15) is 10.5 Å². The van der Waals surface area contributed by atoms with Crippen molar-refractivity contribution in [1.82, 2.24) is 19.9 Å². The van der Waals surface area contributed by atoms with Crippen LogP contribution in [0.1, 0.15) is 70.2 Å². The van der Waals surface area contributed by atoms with E-state index in [1.165, 1.54) is 70.2 Å². The molecule has 0 amide bonds. The molecule has 12 nitrogen and oxygen atoms in total. The third kappa shape index (κ3) is 13.1. The molecule has 0 atom stereocenters. The van der Waals surface area contributed by atoms with Gasteiger partial charge in [-0.1, -0.05) is 200 Å². The van der Waals surface area contributed by atoms with Gasteiger partial charge in [0.1, 0.15) is 23.8 Å². The molecule has 0 radical (unpaired) electrons. The molecule has 2 aliphatic carbocycles. The number of nitriles is 2. The Bertz CT molecular complexity index is 7000. The van der Waals surface area contributed by atoms with Crippen molar-refractivity contribution in [1.29, 1.82) is 10.5 Å². The number of allylic oxidation sites excluding steroid dienone is 2. The maximum Gasteiger partial charge on any atom is 0.154 e. The lowest BCUT2D eigenvalue weighted by atomic mass is 9.86. The van der Waals surface area contributed by atoms with E-state index >= 15 is 0 Å². The van der Waals surface area contributed by atoms with Crippen molar-refractivity contribution in [2.75, 3.05) is 20.4 Å². The Hall–Kier alpha value is -16.0. The zero-order valence-corrected chi connectivity index (χ0v) is 66.6. The van der Waals surface area contributed by atoms with Crippen LogP contribution in [0.15, 0.2) is 362 Å². The number of aliphatic imine (C=N–C) groups is 2. The van der Waals surface area contributed by atoms with Crippen LogP contribution in [0.3, 0.4) is 0 Å². The number of para-hydroxylation sites is 2. The smallest absolute Gasteiger partial charge is 0.154 e. The zero-order chi connectivity index (χ0) is 81.1. The van der Waals surface area contributed by atoms with Gasteiger partial charge in [-0.15, -0.1) is 0 Å². The van der Waals surface area contributed by atoms with Gasteiger partial charge in [0.25, 0.3) is 0 Å². The first-order valence-electron chi connectivity index (χ1n) is 41.8. The van der Waals surface area contributed by atoms with Gasteiger partial charge in [-0.05, 0) is 267 Å². The first kappa shape index (κ1) is 72.4. The molecule has 122 heavy (non-hydrogen) atoms. The molecule has 0 saturated carbocycles. The van der Waals surface area contributed by atoms with Crippen molar-refractivity contribution in [2.24, 2.45) is 9.98 Å². The molecule has 4 aromatic heterocycles.